The van der Waals surface area contributed by atoms with Crippen molar-refractivity contribution < 1.29 is 4.39 Å². The largest absolute Gasteiger partial charge is 0.323 e. The third-order valence-corrected chi connectivity index (χ3v) is 4.83. The van der Waals surface area contributed by atoms with Crippen molar-refractivity contribution >= 4 is 22.2 Å². The lowest BCUT2D eigenvalue weighted by Crippen LogP contribution is -2.19. The molecule has 5 heteroatoms. The first kappa shape index (κ1) is 13.5. The fourth-order valence-corrected chi connectivity index (χ4v) is 3.88. The van der Waals surface area contributed by atoms with Crippen molar-refractivity contribution in [2.24, 2.45) is 5.73 Å². The van der Waals surface area contributed by atoms with Crippen LogP contribution in [-0.2, 0) is 6.42 Å². The first-order valence-electron chi connectivity index (χ1n) is 6.98. The third-order valence-electron chi connectivity index (χ3n) is 3.68. The number of nitrogens with two attached hydrogens (primary N) is 1. The highest BCUT2D eigenvalue weighted by atomic mass is 32.1. The molecule has 1 aromatic heterocycles. The molecule has 20 heavy (non-hydrogen) atoms. The van der Waals surface area contributed by atoms with Crippen molar-refractivity contribution in [1.82, 2.24) is 4.98 Å². The first-order valence-corrected chi connectivity index (χ1v) is 7.79. The number of nitrogens with zero attached hydrogens (tertiary/aromatic N) is 2. The number of hydrogen-bond donors (Lipinski definition) is 1. The van der Waals surface area contributed by atoms with Gasteiger partial charge in [0.15, 0.2) is 5.13 Å². The number of halogens is 1. The average Bonchev–Trinajstić information content (AvgIpc) is 2.87. The monoisotopic (exact) mass is 291 g/mol. The van der Waals surface area contributed by atoms with Crippen LogP contribution in [0.3, 0.4) is 0 Å². The minimum absolute atomic E-state index is 0.0306. The molecule has 1 aliphatic rings. The molecule has 0 bridgehead atoms. The Morgan fingerprint density at radius 2 is 2.25 bits per heavy atom. The Labute approximate surface area is 122 Å². The molecule has 1 aliphatic carbocycles. The summed E-state index contributed by atoms with van der Waals surface area (Å²) in [7, 11) is 0. The summed E-state index contributed by atoms with van der Waals surface area (Å²) in [5, 5.41) is 0.847. The van der Waals surface area contributed by atoms with Gasteiger partial charge in [-0.05, 0) is 38.3 Å². The smallest absolute Gasteiger partial charge is 0.190 e. The topological polar surface area (TPSA) is 42.2 Å². The van der Waals surface area contributed by atoms with Gasteiger partial charge in [-0.3, -0.25) is 0 Å². The van der Waals surface area contributed by atoms with Crippen LogP contribution in [0.5, 0.6) is 0 Å². The van der Waals surface area contributed by atoms with Crippen LogP contribution in [-0.4, -0.2) is 11.5 Å². The summed E-state index contributed by atoms with van der Waals surface area (Å²) in [5.41, 5.74) is 7.71. The van der Waals surface area contributed by atoms with Crippen LogP contribution in [0.1, 0.15) is 36.4 Å². The van der Waals surface area contributed by atoms with Gasteiger partial charge in [-0.15, -0.1) is 11.3 Å². The normalized spacial score (nSPS) is 17.9. The van der Waals surface area contributed by atoms with Crippen LogP contribution in [0.15, 0.2) is 24.3 Å². The molecule has 0 radical (unpaired) electrons. The van der Waals surface area contributed by atoms with E-state index in [-0.39, 0.29) is 11.9 Å². The van der Waals surface area contributed by atoms with Gasteiger partial charge in [0.1, 0.15) is 5.82 Å². The molecule has 0 saturated carbocycles. The van der Waals surface area contributed by atoms with Crippen LogP contribution in [0.4, 0.5) is 15.2 Å². The minimum Gasteiger partial charge on any atom is -0.323 e. The maximum atomic E-state index is 14.0. The Balaban J connectivity index is 2.00. The van der Waals surface area contributed by atoms with Gasteiger partial charge in [0.05, 0.1) is 11.4 Å². The van der Waals surface area contributed by atoms with Gasteiger partial charge < -0.3 is 10.6 Å². The number of benzene rings is 1. The molecule has 0 aliphatic heterocycles. The molecule has 1 unspecified atom stereocenters. The Kier molecular flexibility index (Phi) is 3.72. The summed E-state index contributed by atoms with van der Waals surface area (Å²) < 4.78 is 14.0. The highest BCUT2D eigenvalue weighted by molar-refractivity contribution is 7.15. The standard InChI is InChI=1S/C15H18FN3S/c1-2-19(12-8-4-3-6-10(12)16)15-18-14-11(17)7-5-9-13(14)20-15/h3-4,6,8,11H,2,5,7,9,17H2,1H3. The van der Waals surface area contributed by atoms with Crippen LogP contribution in [0.2, 0.25) is 0 Å². The number of anilines is 2. The number of rotatable bonds is 3. The van der Waals surface area contributed by atoms with Gasteiger partial charge in [0, 0.05) is 17.5 Å². The second kappa shape index (κ2) is 5.50. The predicted octanol–water partition coefficient (Wildman–Crippen LogP) is 3.78. The van der Waals surface area contributed by atoms with E-state index in [1.54, 1.807) is 23.5 Å². The van der Waals surface area contributed by atoms with E-state index >= 15 is 0 Å². The molecule has 2 N–H and O–H groups in total. The van der Waals surface area contributed by atoms with Crippen LogP contribution in [0, 0.1) is 5.82 Å². The summed E-state index contributed by atoms with van der Waals surface area (Å²) in [6.07, 6.45) is 3.14. The number of aryl methyl sites for hydroxylation is 1. The quantitative estimate of drug-likeness (QED) is 0.936. The molecule has 0 spiro atoms. The molecule has 2 aromatic rings. The van der Waals surface area contributed by atoms with E-state index < -0.39 is 0 Å². The summed E-state index contributed by atoms with van der Waals surface area (Å²) in [6, 6.07) is 6.86. The fourth-order valence-electron chi connectivity index (χ4n) is 2.63. The molecule has 1 heterocycles. The molecule has 0 fully saturated rings. The second-order valence-corrected chi connectivity index (χ2v) is 6.06. The van der Waals surface area contributed by atoms with Crippen molar-refractivity contribution in [2.45, 2.75) is 32.2 Å². The number of fused-ring (bicyclic) bond motifs is 1. The maximum absolute atomic E-state index is 14.0. The van der Waals surface area contributed by atoms with Gasteiger partial charge in [-0.1, -0.05) is 12.1 Å². The molecule has 0 saturated heterocycles. The average molecular weight is 291 g/mol. The Morgan fingerprint density at radius 3 is 2.95 bits per heavy atom. The molecule has 1 aromatic carbocycles. The number of thiazole rings is 1. The zero-order valence-corrected chi connectivity index (χ0v) is 12.3. The third kappa shape index (κ3) is 2.31. The highest BCUT2D eigenvalue weighted by Gasteiger charge is 2.24. The van der Waals surface area contributed by atoms with Crippen LogP contribution in [0.25, 0.3) is 0 Å². The van der Waals surface area contributed by atoms with E-state index in [9.17, 15) is 4.39 Å². The van der Waals surface area contributed by atoms with Gasteiger partial charge in [-0.2, -0.15) is 0 Å². The summed E-state index contributed by atoms with van der Waals surface area (Å²) in [5.74, 6) is -0.216. The van der Waals surface area contributed by atoms with Crippen LogP contribution < -0.4 is 10.6 Å². The van der Waals surface area contributed by atoms with Crippen molar-refractivity contribution in [3.05, 3.63) is 40.7 Å². The number of aromatic nitrogens is 1. The van der Waals surface area contributed by atoms with Crippen molar-refractivity contribution in [3.63, 3.8) is 0 Å². The molecular formula is C15H18FN3S. The van der Waals surface area contributed by atoms with E-state index in [0.29, 0.717) is 12.2 Å². The van der Waals surface area contributed by atoms with Crippen LogP contribution >= 0.6 is 11.3 Å². The van der Waals surface area contributed by atoms with Crippen molar-refractivity contribution in [1.29, 1.82) is 0 Å². The van der Waals surface area contributed by atoms with Gasteiger partial charge in [-0.25, -0.2) is 9.37 Å². The lowest BCUT2D eigenvalue weighted by atomic mass is 9.99. The summed E-state index contributed by atoms with van der Waals surface area (Å²) in [6.45, 7) is 2.69. The Hall–Kier alpha value is -1.46. The zero-order chi connectivity index (χ0) is 14.1. The molecule has 0 amide bonds. The molecular weight excluding hydrogens is 273 g/mol. The molecule has 3 rings (SSSR count). The lowest BCUT2D eigenvalue weighted by Gasteiger charge is -2.20. The fraction of sp³-hybridized carbons (Fsp3) is 0.400. The van der Waals surface area contributed by atoms with Gasteiger partial charge in [0.25, 0.3) is 0 Å². The highest BCUT2D eigenvalue weighted by Crippen LogP contribution is 2.38. The summed E-state index contributed by atoms with van der Waals surface area (Å²) >= 11 is 1.64. The number of para-hydroxylation sites is 1. The lowest BCUT2D eigenvalue weighted by molar-refractivity contribution is 0.563. The van der Waals surface area contributed by atoms with Gasteiger partial charge in [0.2, 0.25) is 0 Å². The van der Waals surface area contributed by atoms with E-state index in [4.69, 9.17) is 5.73 Å². The van der Waals surface area contributed by atoms with Gasteiger partial charge >= 0.3 is 0 Å². The molecule has 1 atom stereocenters. The SMILES string of the molecule is CCN(c1nc2c(s1)CCCC2N)c1ccccc1F. The Morgan fingerprint density at radius 1 is 1.45 bits per heavy atom. The second-order valence-electron chi connectivity index (χ2n) is 5.00. The zero-order valence-electron chi connectivity index (χ0n) is 11.5. The van der Waals surface area contributed by atoms with Crippen molar-refractivity contribution in [3.8, 4) is 0 Å². The predicted molar refractivity (Wildman–Crippen MR) is 81.1 cm³/mol. The Bertz CT molecular complexity index is 611. The minimum atomic E-state index is -0.216. The maximum Gasteiger partial charge on any atom is 0.190 e. The molecule has 3 nitrogen and oxygen atoms in total. The van der Waals surface area contributed by atoms with E-state index in [1.807, 2.05) is 17.9 Å². The molecule has 106 valence electrons. The number of hydrogen-bond acceptors (Lipinski definition) is 4. The summed E-state index contributed by atoms with van der Waals surface area (Å²) in [4.78, 5) is 7.85. The van der Waals surface area contributed by atoms with E-state index in [1.165, 1.54) is 10.9 Å². The first-order chi connectivity index (χ1) is 9.70. The van der Waals surface area contributed by atoms with E-state index in [2.05, 4.69) is 4.98 Å². The van der Waals surface area contributed by atoms with E-state index in [0.717, 1.165) is 30.1 Å². The van der Waals surface area contributed by atoms with Crippen molar-refractivity contribution in [2.75, 3.05) is 11.4 Å².